The van der Waals surface area contributed by atoms with Crippen molar-refractivity contribution in [2.75, 3.05) is 13.1 Å². The van der Waals surface area contributed by atoms with Gasteiger partial charge in [-0.2, -0.15) is 0 Å². The van der Waals surface area contributed by atoms with Crippen molar-refractivity contribution in [3.8, 4) is 0 Å². The molecular weight excluding hydrogens is 222 g/mol. The number of hydrogen-bond acceptors (Lipinski definition) is 3. The van der Waals surface area contributed by atoms with E-state index in [1.54, 1.807) is 0 Å². The second-order valence-corrected chi connectivity index (χ2v) is 4.83. The smallest absolute Gasteiger partial charge is 0.0547 e. The Labute approximate surface area is 111 Å². The van der Waals surface area contributed by atoms with Crippen molar-refractivity contribution in [3.05, 3.63) is 29.6 Å². The minimum absolute atomic E-state index is 0.520. The normalized spacial score (nSPS) is 11.4. The molecule has 0 fully saturated rings. The second-order valence-electron chi connectivity index (χ2n) is 4.83. The Morgan fingerprint density at radius 2 is 1.83 bits per heavy atom. The van der Waals surface area contributed by atoms with Crippen LogP contribution in [0.15, 0.2) is 18.2 Å². The average Bonchev–Trinajstić information content (AvgIpc) is 2.43. The maximum atomic E-state index is 5.63. The van der Waals surface area contributed by atoms with Gasteiger partial charge in [0.1, 0.15) is 0 Å². The van der Waals surface area contributed by atoms with Crippen LogP contribution in [0.1, 0.15) is 45.0 Å². The maximum Gasteiger partial charge on any atom is 0.0547 e. The van der Waals surface area contributed by atoms with Gasteiger partial charge in [-0.05, 0) is 24.6 Å². The van der Waals surface area contributed by atoms with Gasteiger partial charge in [0.05, 0.1) is 11.4 Å². The molecule has 0 amide bonds. The summed E-state index contributed by atoms with van der Waals surface area (Å²) in [5, 5.41) is 0. The standard InChI is InChI=1S/C15H27N3/c1-4-13(5-2)11-18(6-3)12-15-9-7-8-14(10-16)17-15/h7-9,13H,4-6,10-12,16H2,1-3H3. The lowest BCUT2D eigenvalue weighted by atomic mass is 10.0. The number of nitrogens with zero attached hydrogens (tertiary/aromatic N) is 2. The summed E-state index contributed by atoms with van der Waals surface area (Å²) in [6.45, 7) is 10.5. The first-order valence-electron chi connectivity index (χ1n) is 7.10. The van der Waals surface area contributed by atoms with E-state index in [1.165, 1.54) is 12.8 Å². The van der Waals surface area contributed by atoms with Crippen LogP contribution in [0.3, 0.4) is 0 Å². The first-order valence-corrected chi connectivity index (χ1v) is 7.10. The number of aromatic nitrogens is 1. The topological polar surface area (TPSA) is 42.1 Å². The van der Waals surface area contributed by atoms with Gasteiger partial charge in [0.25, 0.3) is 0 Å². The molecular formula is C15H27N3. The third-order valence-electron chi connectivity index (χ3n) is 3.58. The van der Waals surface area contributed by atoms with Crippen molar-refractivity contribution in [2.24, 2.45) is 11.7 Å². The van der Waals surface area contributed by atoms with Crippen LogP contribution in [0, 0.1) is 5.92 Å². The summed E-state index contributed by atoms with van der Waals surface area (Å²) in [6, 6.07) is 6.13. The van der Waals surface area contributed by atoms with Gasteiger partial charge in [0, 0.05) is 19.6 Å². The first kappa shape index (κ1) is 15.1. The molecule has 1 aromatic rings. The molecule has 1 aromatic heterocycles. The molecule has 0 saturated heterocycles. The van der Waals surface area contributed by atoms with Gasteiger partial charge in [-0.1, -0.05) is 39.7 Å². The minimum atomic E-state index is 0.520. The minimum Gasteiger partial charge on any atom is -0.325 e. The summed E-state index contributed by atoms with van der Waals surface area (Å²) < 4.78 is 0. The second kappa shape index (κ2) is 8.22. The zero-order valence-electron chi connectivity index (χ0n) is 12.0. The Hall–Kier alpha value is -0.930. The lowest BCUT2D eigenvalue weighted by Crippen LogP contribution is -2.29. The Morgan fingerprint density at radius 1 is 1.17 bits per heavy atom. The van der Waals surface area contributed by atoms with E-state index in [0.717, 1.165) is 36.9 Å². The fourth-order valence-electron chi connectivity index (χ4n) is 2.18. The Kier molecular flexibility index (Phi) is 6.91. The molecule has 0 spiro atoms. The maximum absolute atomic E-state index is 5.63. The van der Waals surface area contributed by atoms with Crippen molar-refractivity contribution < 1.29 is 0 Å². The fraction of sp³-hybridized carbons (Fsp3) is 0.667. The molecule has 0 radical (unpaired) electrons. The molecule has 0 bridgehead atoms. The van der Waals surface area contributed by atoms with Crippen LogP contribution in [0.25, 0.3) is 0 Å². The number of nitrogens with two attached hydrogens (primary N) is 1. The average molecular weight is 249 g/mol. The van der Waals surface area contributed by atoms with E-state index < -0.39 is 0 Å². The molecule has 3 nitrogen and oxygen atoms in total. The molecule has 1 rings (SSSR count). The van der Waals surface area contributed by atoms with Crippen LogP contribution < -0.4 is 5.73 Å². The number of hydrogen-bond donors (Lipinski definition) is 1. The van der Waals surface area contributed by atoms with Gasteiger partial charge in [-0.15, -0.1) is 0 Å². The van der Waals surface area contributed by atoms with Gasteiger partial charge >= 0.3 is 0 Å². The molecule has 0 unspecified atom stereocenters. The van der Waals surface area contributed by atoms with E-state index >= 15 is 0 Å². The summed E-state index contributed by atoms with van der Waals surface area (Å²) in [7, 11) is 0. The van der Waals surface area contributed by atoms with Gasteiger partial charge in [-0.3, -0.25) is 9.88 Å². The number of rotatable bonds is 8. The molecule has 0 aliphatic heterocycles. The van der Waals surface area contributed by atoms with Gasteiger partial charge in [-0.25, -0.2) is 0 Å². The predicted octanol–water partition coefficient (Wildman–Crippen LogP) is 2.80. The molecule has 2 N–H and O–H groups in total. The fourth-order valence-corrected chi connectivity index (χ4v) is 2.18. The molecule has 0 aliphatic rings. The van der Waals surface area contributed by atoms with Crippen LogP contribution in [0.4, 0.5) is 0 Å². The Morgan fingerprint density at radius 3 is 2.39 bits per heavy atom. The van der Waals surface area contributed by atoms with E-state index in [9.17, 15) is 0 Å². The summed E-state index contributed by atoms with van der Waals surface area (Å²) in [5.41, 5.74) is 7.74. The van der Waals surface area contributed by atoms with E-state index in [0.29, 0.717) is 6.54 Å². The van der Waals surface area contributed by atoms with Crippen molar-refractivity contribution in [2.45, 2.75) is 46.7 Å². The third kappa shape index (κ3) is 4.75. The summed E-state index contributed by atoms with van der Waals surface area (Å²) >= 11 is 0. The molecule has 0 atom stereocenters. The lowest BCUT2D eigenvalue weighted by molar-refractivity contribution is 0.224. The van der Waals surface area contributed by atoms with Crippen LogP contribution in [-0.4, -0.2) is 23.0 Å². The van der Waals surface area contributed by atoms with Crippen LogP contribution >= 0.6 is 0 Å². The van der Waals surface area contributed by atoms with Crippen molar-refractivity contribution in [1.82, 2.24) is 9.88 Å². The highest BCUT2D eigenvalue weighted by molar-refractivity contribution is 5.11. The molecule has 1 heterocycles. The van der Waals surface area contributed by atoms with Crippen LogP contribution in [0.5, 0.6) is 0 Å². The summed E-state index contributed by atoms with van der Waals surface area (Å²) in [6.07, 6.45) is 2.51. The Balaban J connectivity index is 2.61. The van der Waals surface area contributed by atoms with Crippen molar-refractivity contribution >= 4 is 0 Å². The third-order valence-corrected chi connectivity index (χ3v) is 3.58. The lowest BCUT2D eigenvalue weighted by Gasteiger charge is -2.25. The van der Waals surface area contributed by atoms with E-state index in [4.69, 9.17) is 5.73 Å². The predicted molar refractivity (Wildman–Crippen MR) is 77.2 cm³/mol. The molecule has 3 heteroatoms. The number of pyridine rings is 1. The highest BCUT2D eigenvalue weighted by Gasteiger charge is 2.11. The quantitative estimate of drug-likeness (QED) is 0.770. The van der Waals surface area contributed by atoms with E-state index in [1.807, 2.05) is 6.07 Å². The monoisotopic (exact) mass is 249 g/mol. The summed E-state index contributed by atoms with van der Waals surface area (Å²) in [4.78, 5) is 7.04. The van der Waals surface area contributed by atoms with Crippen molar-refractivity contribution in [3.63, 3.8) is 0 Å². The molecule has 0 aliphatic carbocycles. The van der Waals surface area contributed by atoms with Crippen LogP contribution in [-0.2, 0) is 13.1 Å². The molecule has 18 heavy (non-hydrogen) atoms. The highest BCUT2D eigenvalue weighted by Crippen LogP contribution is 2.12. The zero-order chi connectivity index (χ0) is 13.4. The van der Waals surface area contributed by atoms with Crippen molar-refractivity contribution in [1.29, 1.82) is 0 Å². The molecule has 102 valence electrons. The van der Waals surface area contributed by atoms with Gasteiger partial charge in [0.15, 0.2) is 0 Å². The van der Waals surface area contributed by atoms with Gasteiger partial charge < -0.3 is 5.73 Å². The largest absolute Gasteiger partial charge is 0.325 e. The highest BCUT2D eigenvalue weighted by atomic mass is 15.1. The molecule has 0 aromatic carbocycles. The first-order chi connectivity index (χ1) is 8.73. The molecule has 0 saturated carbocycles. The SMILES string of the molecule is CCC(CC)CN(CC)Cc1cccc(CN)n1. The summed E-state index contributed by atoms with van der Waals surface area (Å²) in [5.74, 6) is 0.794. The Bertz CT molecular complexity index is 334. The van der Waals surface area contributed by atoms with E-state index in [2.05, 4.69) is 42.8 Å². The van der Waals surface area contributed by atoms with Gasteiger partial charge in [0.2, 0.25) is 0 Å². The zero-order valence-corrected chi connectivity index (χ0v) is 12.0. The van der Waals surface area contributed by atoms with E-state index in [-0.39, 0.29) is 0 Å². The van der Waals surface area contributed by atoms with Crippen LogP contribution in [0.2, 0.25) is 0 Å².